The van der Waals surface area contributed by atoms with Crippen molar-refractivity contribution in [2.24, 2.45) is 5.73 Å². The van der Waals surface area contributed by atoms with Crippen LogP contribution >= 0.6 is 0 Å². The lowest BCUT2D eigenvalue weighted by molar-refractivity contribution is 0.128. The van der Waals surface area contributed by atoms with Gasteiger partial charge in [0.15, 0.2) is 0 Å². The van der Waals surface area contributed by atoms with Crippen LogP contribution in [0.15, 0.2) is 24.3 Å². The molecule has 0 aliphatic carbocycles. The summed E-state index contributed by atoms with van der Waals surface area (Å²) < 4.78 is 10.6. The highest BCUT2D eigenvalue weighted by Crippen LogP contribution is 2.12. The van der Waals surface area contributed by atoms with Gasteiger partial charge in [0.2, 0.25) is 0 Å². The van der Waals surface area contributed by atoms with Crippen molar-refractivity contribution in [3.05, 3.63) is 29.8 Å². The van der Waals surface area contributed by atoms with Crippen LogP contribution in [0.2, 0.25) is 0 Å². The number of rotatable bonds is 6. The van der Waals surface area contributed by atoms with E-state index >= 15 is 0 Å². The fraction of sp³-hybridized carbons (Fsp3) is 0.455. The highest BCUT2D eigenvalue weighted by Gasteiger charge is 1.94. The number of nitrogens with two attached hydrogens (primary N) is 1. The number of ether oxygens (including phenoxy) is 2. The van der Waals surface area contributed by atoms with Gasteiger partial charge in [-0.3, -0.25) is 0 Å². The van der Waals surface area contributed by atoms with E-state index < -0.39 is 0 Å². The number of hydrogen-bond acceptors (Lipinski definition) is 3. The molecule has 0 bridgehead atoms. The fourth-order valence-electron chi connectivity index (χ4n) is 1.12. The minimum atomic E-state index is 0.566. The Morgan fingerprint density at radius 3 is 2.50 bits per heavy atom. The largest absolute Gasteiger partial charge is 0.494 e. The second-order valence-corrected chi connectivity index (χ2v) is 2.92. The zero-order valence-electron chi connectivity index (χ0n) is 8.53. The molecule has 14 heavy (non-hydrogen) atoms. The Morgan fingerprint density at radius 1 is 1.21 bits per heavy atom. The van der Waals surface area contributed by atoms with Crippen LogP contribution in [0.5, 0.6) is 5.75 Å². The van der Waals surface area contributed by atoms with Crippen LogP contribution < -0.4 is 10.5 Å². The van der Waals surface area contributed by atoms with Gasteiger partial charge in [0.25, 0.3) is 0 Å². The maximum Gasteiger partial charge on any atom is 0.119 e. The predicted molar refractivity (Wildman–Crippen MR) is 56.3 cm³/mol. The van der Waals surface area contributed by atoms with Crippen LogP contribution in [0.4, 0.5) is 0 Å². The predicted octanol–water partition coefficient (Wildman–Crippen LogP) is 1.56. The van der Waals surface area contributed by atoms with Gasteiger partial charge in [0, 0.05) is 6.54 Å². The van der Waals surface area contributed by atoms with Crippen LogP contribution in [0.25, 0.3) is 0 Å². The van der Waals surface area contributed by atoms with Crippen molar-refractivity contribution in [2.75, 3.05) is 19.8 Å². The Hall–Kier alpha value is -1.06. The molecule has 0 atom stereocenters. The molecule has 1 aromatic rings. The Bertz CT molecular complexity index is 246. The molecule has 0 unspecified atom stereocenters. The van der Waals surface area contributed by atoms with Crippen LogP contribution in [-0.4, -0.2) is 19.8 Å². The molecule has 0 aromatic heterocycles. The summed E-state index contributed by atoms with van der Waals surface area (Å²) in [6.07, 6.45) is 0. The molecule has 78 valence electrons. The smallest absolute Gasteiger partial charge is 0.119 e. The summed E-state index contributed by atoms with van der Waals surface area (Å²) in [6.45, 7) is 4.45. The summed E-state index contributed by atoms with van der Waals surface area (Å²) in [6, 6.07) is 7.90. The standard InChI is InChI=1S/C11H17NO2/c1-2-14-11-5-3-10(4-6-11)9-13-8-7-12/h3-6H,2,7-9,12H2,1H3. The summed E-state index contributed by atoms with van der Waals surface area (Å²) in [4.78, 5) is 0. The third-order valence-electron chi connectivity index (χ3n) is 1.77. The van der Waals surface area contributed by atoms with E-state index in [-0.39, 0.29) is 0 Å². The maximum absolute atomic E-state index is 5.33. The van der Waals surface area contributed by atoms with E-state index in [4.69, 9.17) is 15.2 Å². The van der Waals surface area contributed by atoms with Gasteiger partial charge in [-0.05, 0) is 24.6 Å². The topological polar surface area (TPSA) is 44.5 Å². The van der Waals surface area contributed by atoms with Gasteiger partial charge in [-0.25, -0.2) is 0 Å². The van der Waals surface area contributed by atoms with Crippen LogP contribution in [0.3, 0.4) is 0 Å². The third-order valence-corrected chi connectivity index (χ3v) is 1.77. The molecule has 3 nitrogen and oxygen atoms in total. The normalized spacial score (nSPS) is 10.1. The third kappa shape index (κ3) is 3.77. The minimum absolute atomic E-state index is 0.566. The van der Waals surface area contributed by atoms with E-state index in [2.05, 4.69) is 0 Å². The molecule has 0 radical (unpaired) electrons. The summed E-state index contributed by atoms with van der Waals surface area (Å²) in [7, 11) is 0. The summed E-state index contributed by atoms with van der Waals surface area (Å²) in [5.74, 6) is 0.898. The van der Waals surface area contributed by atoms with Crippen molar-refractivity contribution in [1.82, 2.24) is 0 Å². The van der Waals surface area contributed by atoms with Gasteiger partial charge in [-0.1, -0.05) is 12.1 Å². The second-order valence-electron chi connectivity index (χ2n) is 2.92. The zero-order chi connectivity index (χ0) is 10.2. The zero-order valence-corrected chi connectivity index (χ0v) is 8.53. The van der Waals surface area contributed by atoms with E-state index in [0.29, 0.717) is 26.4 Å². The minimum Gasteiger partial charge on any atom is -0.494 e. The fourth-order valence-corrected chi connectivity index (χ4v) is 1.12. The molecule has 0 fully saturated rings. The van der Waals surface area contributed by atoms with Crippen molar-refractivity contribution in [3.63, 3.8) is 0 Å². The Kier molecular flexibility index (Phi) is 5.04. The van der Waals surface area contributed by atoms with Crippen molar-refractivity contribution in [2.45, 2.75) is 13.5 Å². The van der Waals surface area contributed by atoms with Gasteiger partial charge in [0.05, 0.1) is 19.8 Å². The molecule has 1 rings (SSSR count). The van der Waals surface area contributed by atoms with Gasteiger partial charge in [-0.2, -0.15) is 0 Å². The molecule has 0 heterocycles. The van der Waals surface area contributed by atoms with Crippen molar-refractivity contribution < 1.29 is 9.47 Å². The molecule has 2 N–H and O–H groups in total. The lowest BCUT2D eigenvalue weighted by atomic mass is 10.2. The first kappa shape index (κ1) is 11.0. The molecule has 0 spiro atoms. The number of benzene rings is 1. The average molecular weight is 195 g/mol. The highest BCUT2D eigenvalue weighted by atomic mass is 16.5. The SMILES string of the molecule is CCOc1ccc(COCCN)cc1. The summed E-state index contributed by atoms with van der Waals surface area (Å²) in [5, 5.41) is 0. The molecule has 0 saturated heterocycles. The molecule has 1 aromatic carbocycles. The van der Waals surface area contributed by atoms with E-state index in [1.54, 1.807) is 0 Å². The average Bonchev–Trinajstić information content (AvgIpc) is 2.21. The first-order valence-electron chi connectivity index (χ1n) is 4.86. The maximum atomic E-state index is 5.33. The van der Waals surface area contributed by atoms with Gasteiger partial charge in [0.1, 0.15) is 5.75 Å². The quantitative estimate of drug-likeness (QED) is 0.701. The first-order valence-corrected chi connectivity index (χ1v) is 4.86. The van der Waals surface area contributed by atoms with E-state index in [1.165, 1.54) is 0 Å². The van der Waals surface area contributed by atoms with Crippen LogP contribution in [0, 0.1) is 0 Å². The van der Waals surface area contributed by atoms with Crippen molar-refractivity contribution in [3.8, 4) is 5.75 Å². The molecule has 3 heteroatoms. The molecular weight excluding hydrogens is 178 g/mol. The van der Waals surface area contributed by atoms with E-state index in [9.17, 15) is 0 Å². The van der Waals surface area contributed by atoms with Crippen molar-refractivity contribution in [1.29, 1.82) is 0 Å². The highest BCUT2D eigenvalue weighted by molar-refractivity contribution is 5.26. The molecule has 0 amide bonds. The second kappa shape index (κ2) is 6.40. The van der Waals surface area contributed by atoms with Gasteiger partial charge >= 0.3 is 0 Å². The lowest BCUT2D eigenvalue weighted by Gasteiger charge is -2.05. The van der Waals surface area contributed by atoms with Crippen LogP contribution in [-0.2, 0) is 11.3 Å². The van der Waals surface area contributed by atoms with Crippen LogP contribution in [0.1, 0.15) is 12.5 Å². The summed E-state index contributed by atoms with van der Waals surface area (Å²) >= 11 is 0. The first-order chi connectivity index (χ1) is 6.86. The molecular formula is C11H17NO2. The monoisotopic (exact) mass is 195 g/mol. The molecule has 0 saturated carbocycles. The Morgan fingerprint density at radius 2 is 1.93 bits per heavy atom. The van der Waals surface area contributed by atoms with E-state index in [0.717, 1.165) is 11.3 Å². The van der Waals surface area contributed by atoms with Gasteiger partial charge < -0.3 is 15.2 Å². The lowest BCUT2D eigenvalue weighted by Crippen LogP contribution is -2.08. The Labute approximate surface area is 84.8 Å². The number of hydrogen-bond donors (Lipinski definition) is 1. The van der Waals surface area contributed by atoms with Crippen molar-refractivity contribution >= 4 is 0 Å². The molecule has 0 aliphatic heterocycles. The molecule has 0 aliphatic rings. The van der Waals surface area contributed by atoms with Gasteiger partial charge in [-0.15, -0.1) is 0 Å². The summed E-state index contributed by atoms with van der Waals surface area (Å²) in [5.41, 5.74) is 6.45. The van der Waals surface area contributed by atoms with E-state index in [1.807, 2.05) is 31.2 Å². The Balaban J connectivity index is 2.38.